The van der Waals surface area contributed by atoms with Crippen LogP contribution in [0.15, 0.2) is 41.8 Å². The molecule has 0 unspecified atom stereocenters. The molecule has 0 fully saturated rings. The van der Waals surface area contributed by atoms with Crippen LogP contribution in [0.1, 0.15) is 49.6 Å². The first-order valence-electron chi connectivity index (χ1n) is 10.6. The molecule has 31 heavy (non-hydrogen) atoms. The standard InChI is InChI=1S/C24H33N3O4/c1-5-6-11-29-21-14-19(2)24(20(3)15-21)31-13-10-8-7-9-12-30-22-16-25-23(26-17-22)18-27-28-4/h5-6,14-18H,7-13H2,1-4H3/b6-5+,27-18?. The van der Waals surface area contributed by atoms with Crippen molar-refractivity contribution in [1.82, 2.24) is 9.97 Å². The largest absolute Gasteiger partial charge is 0.493 e. The Morgan fingerprint density at radius 3 is 2.13 bits per heavy atom. The summed E-state index contributed by atoms with van der Waals surface area (Å²) < 4.78 is 17.4. The monoisotopic (exact) mass is 427 g/mol. The second-order valence-corrected chi connectivity index (χ2v) is 7.07. The topological polar surface area (TPSA) is 75.1 Å². The first-order valence-corrected chi connectivity index (χ1v) is 10.6. The van der Waals surface area contributed by atoms with Gasteiger partial charge in [0.1, 0.15) is 31.4 Å². The van der Waals surface area contributed by atoms with Crippen LogP contribution in [0.2, 0.25) is 0 Å². The average Bonchev–Trinajstić information content (AvgIpc) is 2.76. The van der Waals surface area contributed by atoms with Crippen LogP contribution in [0.25, 0.3) is 0 Å². The van der Waals surface area contributed by atoms with E-state index in [9.17, 15) is 0 Å². The van der Waals surface area contributed by atoms with Gasteiger partial charge in [-0.15, -0.1) is 0 Å². The zero-order valence-electron chi connectivity index (χ0n) is 19.0. The Morgan fingerprint density at radius 2 is 1.52 bits per heavy atom. The van der Waals surface area contributed by atoms with E-state index in [-0.39, 0.29) is 0 Å². The highest BCUT2D eigenvalue weighted by molar-refractivity contribution is 5.73. The molecular formula is C24H33N3O4. The summed E-state index contributed by atoms with van der Waals surface area (Å²) in [6.07, 6.45) is 12.9. The third-order valence-electron chi connectivity index (χ3n) is 4.49. The molecule has 1 aromatic carbocycles. The highest BCUT2D eigenvalue weighted by Crippen LogP contribution is 2.28. The van der Waals surface area contributed by atoms with E-state index < -0.39 is 0 Å². The molecule has 0 saturated heterocycles. The maximum Gasteiger partial charge on any atom is 0.174 e. The fraction of sp³-hybridized carbons (Fsp3) is 0.458. The van der Waals surface area contributed by atoms with Crippen molar-refractivity contribution in [3.8, 4) is 17.2 Å². The zero-order valence-corrected chi connectivity index (χ0v) is 19.0. The third kappa shape index (κ3) is 9.07. The van der Waals surface area contributed by atoms with E-state index in [1.165, 1.54) is 13.3 Å². The molecule has 0 saturated carbocycles. The molecule has 7 nitrogen and oxygen atoms in total. The lowest BCUT2D eigenvalue weighted by molar-refractivity contribution is 0.215. The van der Waals surface area contributed by atoms with Gasteiger partial charge in [-0.25, -0.2) is 9.97 Å². The van der Waals surface area contributed by atoms with E-state index in [2.05, 4.69) is 33.8 Å². The minimum Gasteiger partial charge on any atom is -0.493 e. The number of hydrogen-bond acceptors (Lipinski definition) is 7. The molecule has 1 heterocycles. The predicted octanol–water partition coefficient (Wildman–Crippen LogP) is 5.05. The maximum atomic E-state index is 6.03. The molecule has 0 radical (unpaired) electrons. The molecule has 0 amide bonds. The van der Waals surface area contributed by atoms with Gasteiger partial charge in [0, 0.05) is 0 Å². The molecule has 0 aliphatic rings. The summed E-state index contributed by atoms with van der Waals surface area (Å²) in [7, 11) is 1.47. The van der Waals surface area contributed by atoms with E-state index in [0.29, 0.717) is 31.4 Å². The summed E-state index contributed by atoms with van der Waals surface area (Å²) in [5, 5.41) is 3.62. The number of unbranched alkanes of at least 4 members (excludes halogenated alkanes) is 3. The minimum absolute atomic E-state index is 0.482. The zero-order chi connectivity index (χ0) is 22.3. The van der Waals surface area contributed by atoms with E-state index in [0.717, 1.165) is 48.3 Å². The highest BCUT2D eigenvalue weighted by atomic mass is 16.6. The van der Waals surface area contributed by atoms with Gasteiger partial charge in [0.05, 0.1) is 25.6 Å². The van der Waals surface area contributed by atoms with E-state index in [4.69, 9.17) is 14.2 Å². The van der Waals surface area contributed by atoms with Crippen molar-refractivity contribution < 1.29 is 19.0 Å². The Hall–Kier alpha value is -3.09. The van der Waals surface area contributed by atoms with Gasteiger partial charge in [-0.05, 0) is 69.7 Å². The number of benzene rings is 1. The van der Waals surface area contributed by atoms with Gasteiger partial charge in [0.25, 0.3) is 0 Å². The lowest BCUT2D eigenvalue weighted by Gasteiger charge is -2.14. The summed E-state index contributed by atoms with van der Waals surface area (Å²) in [6, 6.07) is 4.06. The first kappa shape index (κ1) is 24.2. The van der Waals surface area contributed by atoms with Crippen molar-refractivity contribution in [2.45, 2.75) is 46.5 Å². The van der Waals surface area contributed by atoms with Gasteiger partial charge < -0.3 is 19.0 Å². The Kier molecular flexibility index (Phi) is 10.9. The maximum absolute atomic E-state index is 6.03. The SMILES string of the molecule is C/C=C/COc1cc(C)c(OCCCCCCOc2cnc(C=NOC)nc2)c(C)c1. The average molecular weight is 428 g/mol. The molecule has 0 spiro atoms. The lowest BCUT2D eigenvalue weighted by Crippen LogP contribution is -2.03. The second-order valence-electron chi connectivity index (χ2n) is 7.07. The van der Waals surface area contributed by atoms with Gasteiger partial charge >= 0.3 is 0 Å². The second kappa shape index (κ2) is 14.0. The smallest absolute Gasteiger partial charge is 0.174 e. The molecule has 7 heteroatoms. The van der Waals surface area contributed by atoms with Crippen LogP contribution in [0.5, 0.6) is 17.2 Å². The van der Waals surface area contributed by atoms with Gasteiger partial charge in [-0.3, -0.25) is 0 Å². The number of allylic oxidation sites excluding steroid dienone is 1. The Balaban J connectivity index is 1.60. The van der Waals surface area contributed by atoms with Crippen LogP contribution in [0.3, 0.4) is 0 Å². The van der Waals surface area contributed by atoms with Crippen LogP contribution in [-0.4, -0.2) is 43.1 Å². The first-order chi connectivity index (χ1) is 15.1. The molecular weight excluding hydrogens is 394 g/mol. The molecule has 1 aromatic heterocycles. The Bertz CT molecular complexity index is 812. The number of hydrogen-bond donors (Lipinski definition) is 0. The van der Waals surface area contributed by atoms with Crippen LogP contribution < -0.4 is 14.2 Å². The quantitative estimate of drug-likeness (QED) is 0.182. The van der Waals surface area contributed by atoms with Gasteiger partial charge in [0.2, 0.25) is 0 Å². The number of ether oxygens (including phenoxy) is 3. The molecule has 0 atom stereocenters. The van der Waals surface area contributed by atoms with Crippen LogP contribution >= 0.6 is 0 Å². The van der Waals surface area contributed by atoms with Crippen molar-refractivity contribution in [2.24, 2.45) is 5.16 Å². The Morgan fingerprint density at radius 1 is 0.871 bits per heavy atom. The summed E-state index contributed by atoms with van der Waals surface area (Å²) in [5.74, 6) is 2.97. The lowest BCUT2D eigenvalue weighted by atomic mass is 10.1. The molecule has 168 valence electrons. The van der Waals surface area contributed by atoms with Crippen molar-refractivity contribution >= 4 is 6.21 Å². The van der Waals surface area contributed by atoms with Gasteiger partial charge in [-0.1, -0.05) is 17.3 Å². The van der Waals surface area contributed by atoms with Gasteiger partial charge in [0.15, 0.2) is 11.6 Å². The van der Waals surface area contributed by atoms with Crippen molar-refractivity contribution in [1.29, 1.82) is 0 Å². The van der Waals surface area contributed by atoms with E-state index in [1.54, 1.807) is 12.4 Å². The molecule has 0 bridgehead atoms. The Labute approximate surface area is 185 Å². The molecule has 2 rings (SSSR count). The number of oxime groups is 1. The predicted molar refractivity (Wildman–Crippen MR) is 122 cm³/mol. The van der Waals surface area contributed by atoms with Crippen molar-refractivity contribution in [3.63, 3.8) is 0 Å². The number of rotatable bonds is 14. The minimum atomic E-state index is 0.482. The van der Waals surface area contributed by atoms with Crippen LogP contribution in [-0.2, 0) is 4.84 Å². The van der Waals surface area contributed by atoms with Crippen LogP contribution in [0, 0.1) is 13.8 Å². The summed E-state index contributed by atoms with van der Waals surface area (Å²) in [6.45, 7) is 8.03. The molecule has 0 aliphatic heterocycles. The summed E-state index contributed by atoms with van der Waals surface area (Å²) in [4.78, 5) is 12.9. The summed E-state index contributed by atoms with van der Waals surface area (Å²) in [5.41, 5.74) is 2.20. The van der Waals surface area contributed by atoms with Crippen molar-refractivity contribution in [3.05, 3.63) is 53.6 Å². The number of nitrogens with zero attached hydrogens (tertiary/aromatic N) is 3. The fourth-order valence-corrected chi connectivity index (χ4v) is 2.95. The summed E-state index contributed by atoms with van der Waals surface area (Å²) >= 11 is 0. The van der Waals surface area contributed by atoms with E-state index in [1.807, 2.05) is 31.2 Å². The van der Waals surface area contributed by atoms with Gasteiger partial charge in [-0.2, -0.15) is 0 Å². The fourth-order valence-electron chi connectivity index (χ4n) is 2.95. The molecule has 2 aromatic rings. The number of aryl methyl sites for hydroxylation is 2. The van der Waals surface area contributed by atoms with Crippen LogP contribution in [0.4, 0.5) is 0 Å². The van der Waals surface area contributed by atoms with E-state index >= 15 is 0 Å². The highest BCUT2D eigenvalue weighted by Gasteiger charge is 2.07. The van der Waals surface area contributed by atoms with Crippen molar-refractivity contribution in [2.75, 3.05) is 26.9 Å². The third-order valence-corrected chi connectivity index (χ3v) is 4.49. The molecule has 0 aliphatic carbocycles. The molecule has 0 N–H and O–H groups in total. The normalized spacial score (nSPS) is 11.2. The number of aromatic nitrogens is 2.